The summed E-state index contributed by atoms with van der Waals surface area (Å²) in [5, 5.41) is -0.227. The summed E-state index contributed by atoms with van der Waals surface area (Å²) in [4.78, 5) is 26.5. The van der Waals surface area contributed by atoms with E-state index in [9.17, 15) is 14.0 Å². The van der Waals surface area contributed by atoms with Crippen molar-refractivity contribution in [2.45, 2.75) is 32.9 Å². The second-order valence-electron chi connectivity index (χ2n) is 6.54. The van der Waals surface area contributed by atoms with Crippen molar-refractivity contribution in [1.29, 1.82) is 0 Å². The average Bonchev–Trinajstić information content (AvgIpc) is 2.94. The number of hydrogen-bond donors (Lipinski definition) is 0. The average molecular weight is 637 g/mol. The van der Waals surface area contributed by atoms with Gasteiger partial charge in [0.05, 0.1) is 12.0 Å². The molecule has 2 aromatic carbocycles. The van der Waals surface area contributed by atoms with E-state index in [1.54, 1.807) is 12.1 Å². The van der Waals surface area contributed by atoms with Gasteiger partial charge in [0.1, 0.15) is 18.2 Å². The van der Waals surface area contributed by atoms with Crippen LogP contribution in [0.5, 0.6) is 5.75 Å². The largest absolute Gasteiger partial charge is 0.487 e. The first-order valence-electron chi connectivity index (χ1n) is 8.93. The predicted octanol–water partition coefficient (Wildman–Crippen LogP) is 6.45. The molecule has 0 saturated carbocycles. The molecule has 0 aliphatic carbocycles. The number of hydrogen-bond acceptors (Lipinski definition) is 4. The van der Waals surface area contributed by atoms with E-state index in [0.717, 1.165) is 36.4 Å². The lowest BCUT2D eigenvalue weighted by Gasteiger charge is -2.19. The number of rotatable bonds is 6. The van der Waals surface area contributed by atoms with Crippen molar-refractivity contribution in [2.75, 3.05) is 0 Å². The first-order chi connectivity index (χ1) is 13.8. The van der Waals surface area contributed by atoms with Crippen molar-refractivity contribution in [1.82, 2.24) is 4.90 Å². The lowest BCUT2D eigenvalue weighted by Crippen LogP contribution is -2.36. The second-order valence-corrected chi connectivity index (χ2v) is 9.86. The van der Waals surface area contributed by atoms with Gasteiger partial charge >= 0.3 is 0 Å². The highest BCUT2D eigenvalue weighted by Gasteiger charge is 2.37. The van der Waals surface area contributed by atoms with E-state index in [2.05, 4.69) is 45.2 Å². The van der Waals surface area contributed by atoms with E-state index in [1.807, 2.05) is 32.0 Å². The SMILES string of the molecule is CC[C@H](C)N1C(=O)S/C(=C/c2cc(I)c(OCc3cccc(F)c3)c(I)c2)C1=O. The molecule has 1 saturated heterocycles. The molecule has 1 aliphatic rings. The Morgan fingerprint density at radius 2 is 1.90 bits per heavy atom. The quantitative estimate of drug-likeness (QED) is 0.270. The molecule has 0 radical (unpaired) electrons. The number of amides is 2. The van der Waals surface area contributed by atoms with Gasteiger partial charge in [-0.05, 0) is 112 Å². The van der Waals surface area contributed by atoms with Crippen molar-refractivity contribution < 1.29 is 18.7 Å². The summed E-state index contributed by atoms with van der Waals surface area (Å²) in [5.74, 6) is 0.170. The van der Waals surface area contributed by atoms with Gasteiger partial charge in [-0.3, -0.25) is 14.5 Å². The lowest BCUT2D eigenvalue weighted by atomic mass is 10.2. The summed E-state index contributed by atoms with van der Waals surface area (Å²) in [6.07, 6.45) is 2.46. The standard InChI is InChI=1S/C21H18FI2NO3S/c1-3-12(2)25-20(26)18(29-21(25)27)10-14-8-16(23)19(17(24)9-14)28-11-13-5-4-6-15(22)7-13/h4-10,12H,3,11H2,1-2H3/b18-10+/t12-/m0/s1. The maximum atomic E-state index is 13.3. The van der Waals surface area contributed by atoms with Gasteiger partial charge in [-0.1, -0.05) is 19.1 Å². The van der Waals surface area contributed by atoms with Gasteiger partial charge in [-0.15, -0.1) is 0 Å². The Kier molecular flexibility index (Phi) is 7.60. The molecule has 29 heavy (non-hydrogen) atoms. The molecule has 3 rings (SSSR count). The van der Waals surface area contributed by atoms with Crippen LogP contribution < -0.4 is 4.74 Å². The van der Waals surface area contributed by atoms with E-state index in [0.29, 0.717) is 10.7 Å². The molecule has 2 aromatic rings. The van der Waals surface area contributed by atoms with Gasteiger partial charge < -0.3 is 4.74 Å². The maximum Gasteiger partial charge on any atom is 0.293 e. The highest BCUT2D eigenvalue weighted by Crippen LogP contribution is 2.36. The fraction of sp³-hybridized carbons (Fsp3) is 0.238. The minimum Gasteiger partial charge on any atom is -0.487 e. The van der Waals surface area contributed by atoms with E-state index in [-0.39, 0.29) is 29.6 Å². The van der Waals surface area contributed by atoms with E-state index in [1.165, 1.54) is 17.0 Å². The molecule has 0 N–H and O–H groups in total. The Bertz CT molecular complexity index is 973. The molecule has 1 fully saturated rings. The van der Waals surface area contributed by atoms with Crippen LogP contribution in [0.15, 0.2) is 41.3 Å². The number of nitrogens with zero attached hydrogens (tertiary/aromatic N) is 1. The Morgan fingerprint density at radius 1 is 1.21 bits per heavy atom. The van der Waals surface area contributed by atoms with Crippen LogP contribution in [0.2, 0.25) is 0 Å². The Morgan fingerprint density at radius 3 is 2.52 bits per heavy atom. The minimum atomic E-state index is -0.294. The topological polar surface area (TPSA) is 46.6 Å². The summed E-state index contributed by atoms with van der Waals surface area (Å²) >= 11 is 5.32. The third-order valence-electron chi connectivity index (χ3n) is 4.45. The van der Waals surface area contributed by atoms with Gasteiger partial charge in [-0.2, -0.15) is 0 Å². The molecule has 0 bridgehead atoms. The van der Waals surface area contributed by atoms with Crippen LogP contribution in [-0.2, 0) is 11.4 Å². The number of halogens is 3. The smallest absolute Gasteiger partial charge is 0.293 e. The highest BCUT2D eigenvalue weighted by molar-refractivity contribution is 14.1. The molecule has 1 heterocycles. The molecule has 0 unspecified atom stereocenters. The zero-order chi connectivity index (χ0) is 21.1. The van der Waals surface area contributed by atoms with Crippen molar-refractivity contribution in [3.8, 4) is 5.75 Å². The van der Waals surface area contributed by atoms with Gasteiger partial charge in [0.2, 0.25) is 0 Å². The third-order valence-corrected chi connectivity index (χ3v) is 6.93. The van der Waals surface area contributed by atoms with Crippen LogP contribution in [0, 0.1) is 13.0 Å². The molecular weight excluding hydrogens is 619 g/mol. The molecule has 4 nitrogen and oxygen atoms in total. The molecule has 0 aromatic heterocycles. The molecule has 8 heteroatoms. The fourth-order valence-corrected chi connectivity index (χ4v) is 5.83. The van der Waals surface area contributed by atoms with Gasteiger partial charge in [0, 0.05) is 6.04 Å². The number of carbonyl (C=O) groups excluding carboxylic acids is 2. The molecule has 2 amide bonds. The maximum absolute atomic E-state index is 13.3. The minimum absolute atomic E-state index is 0.118. The summed E-state index contributed by atoms with van der Waals surface area (Å²) in [7, 11) is 0. The second kappa shape index (κ2) is 9.78. The monoisotopic (exact) mass is 637 g/mol. The highest BCUT2D eigenvalue weighted by atomic mass is 127. The van der Waals surface area contributed by atoms with Crippen LogP contribution in [0.25, 0.3) is 6.08 Å². The van der Waals surface area contributed by atoms with E-state index >= 15 is 0 Å². The third kappa shape index (κ3) is 5.32. The van der Waals surface area contributed by atoms with Crippen LogP contribution in [0.1, 0.15) is 31.4 Å². The first kappa shape index (κ1) is 22.5. The lowest BCUT2D eigenvalue weighted by molar-refractivity contribution is -0.124. The normalized spacial score (nSPS) is 16.6. The van der Waals surface area contributed by atoms with Crippen LogP contribution >= 0.6 is 56.9 Å². The molecule has 0 spiro atoms. The Hall–Kier alpha value is -1.14. The van der Waals surface area contributed by atoms with Crippen molar-refractivity contribution in [3.63, 3.8) is 0 Å². The molecule has 152 valence electrons. The van der Waals surface area contributed by atoms with Crippen molar-refractivity contribution in [2.24, 2.45) is 0 Å². The van der Waals surface area contributed by atoms with Crippen LogP contribution in [0.4, 0.5) is 9.18 Å². The van der Waals surface area contributed by atoms with E-state index < -0.39 is 0 Å². The van der Waals surface area contributed by atoms with Crippen LogP contribution in [0.3, 0.4) is 0 Å². The Balaban J connectivity index is 1.79. The van der Waals surface area contributed by atoms with Gasteiger partial charge in [0.25, 0.3) is 11.1 Å². The first-order valence-corrected chi connectivity index (χ1v) is 11.9. The number of thioether (sulfide) groups is 1. The summed E-state index contributed by atoms with van der Waals surface area (Å²) in [6.45, 7) is 4.08. The number of benzene rings is 2. The Labute approximate surface area is 200 Å². The summed E-state index contributed by atoms with van der Waals surface area (Å²) in [6, 6.07) is 9.99. The number of imide groups is 1. The van der Waals surface area contributed by atoms with E-state index in [4.69, 9.17) is 4.74 Å². The molecular formula is C21H18FI2NO3S. The summed E-state index contributed by atoms with van der Waals surface area (Å²) < 4.78 is 21.0. The predicted molar refractivity (Wildman–Crippen MR) is 130 cm³/mol. The molecule has 1 aliphatic heterocycles. The van der Waals surface area contributed by atoms with Gasteiger partial charge in [-0.25, -0.2) is 4.39 Å². The van der Waals surface area contributed by atoms with Crippen molar-refractivity contribution in [3.05, 3.63) is 65.4 Å². The van der Waals surface area contributed by atoms with Gasteiger partial charge in [0.15, 0.2) is 0 Å². The molecule has 1 atom stereocenters. The zero-order valence-electron chi connectivity index (χ0n) is 15.7. The fourth-order valence-electron chi connectivity index (χ4n) is 2.78. The zero-order valence-corrected chi connectivity index (χ0v) is 20.9. The van der Waals surface area contributed by atoms with Crippen molar-refractivity contribution >= 4 is 74.2 Å². The van der Waals surface area contributed by atoms with Crippen LogP contribution in [-0.4, -0.2) is 22.1 Å². The number of ether oxygens (including phenoxy) is 1. The summed E-state index contributed by atoms with van der Waals surface area (Å²) in [5.41, 5.74) is 1.57. The number of carbonyl (C=O) groups is 2.